The Hall–Kier alpha value is -3.71. The molecule has 2 N–H and O–H groups in total. The summed E-state index contributed by atoms with van der Waals surface area (Å²) in [6, 6.07) is 18.9. The number of carbonyl (C=O) groups is 3. The van der Waals surface area contributed by atoms with E-state index >= 15 is 0 Å². The van der Waals surface area contributed by atoms with E-state index in [0.717, 1.165) is 10.0 Å². The molecule has 3 aromatic rings. The van der Waals surface area contributed by atoms with Gasteiger partial charge in [-0.1, -0.05) is 64.0 Å². The van der Waals surface area contributed by atoms with Crippen molar-refractivity contribution in [3.63, 3.8) is 0 Å². The van der Waals surface area contributed by atoms with E-state index in [1.54, 1.807) is 54.6 Å². The van der Waals surface area contributed by atoms with Crippen molar-refractivity contribution in [3.8, 4) is 0 Å². The minimum atomic E-state index is -1.15. The number of benzene rings is 3. The fourth-order valence-corrected chi connectivity index (χ4v) is 3.98. The molecule has 0 aliphatic carbocycles. The van der Waals surface area contributed by atoms with Crippen LogP contribution < -0.4 is 4.90 Å². The maximum Gasteiger partial charge on any atom is 0.335 e. The van der Waals surface area contributed by atoms with Crippen molar-refractivity contribution in [2.75, 3.05) is 4.90 Å². The maximum atomic E-state index is 13.1. The fourth-order valence-electron chi connectivity index (χ4n) is 3.72. The molecule has 1 aliphatic heterocycles. The average Bonchev–Trinajstić information content (AvgIpc) is 3.05. The lowest BCUT2D eigenvalue weighted by Crippen LogP contribution is -2.29. The van der Waals surface area contributed by atoms with Crippen molar-refractivity contribution in [3.05, 3.63) is 105 Å². The first-order valence-corrected chi connectivity index (χ1v) is 10.5. The molecule has 6 nitrogen and oxygen atoms in total. The van der Waals surface area contributed by atoms with Crippen molar-refractivity contribution >= 4 is 45.0 Å². The van der Waals surface area contributed by atoms with Crippen molar-refractivity contribution in [1.82, 2.24) is 0 Å². The van der Waals surface area contributed by atoms with Crippen LogP contribution in [0.5, 0.6) is 0 Å². The summed E-state index contributed by atoms with van der Waals surface area (Å²) < 4.78 is 0.810. The lowest BCUT2D eigenvalue weighted by molar-refractivity contribution is -0.132. The molecule has 3 aromatic carbocycles. The number of aliphatic hydroxyl groups excluding tert-OH is 1. The van der Waals surface area contributed by atoms with Crippen LogP contribution in [0.25, 0.3) is 5.76 Å². The van der Waals surface area contributed by atoms with Crippen molar-refractivity contribution in [1.29, 1.82) is 0 Å². The largest absolute Gasteiger partial charge is 0.507 e. The zero-order valence-electron chi connectivity index (χ0n) is 16.9. The number of Topliss-reactive ketones (excluding diaryl/α,β-unsaturated/α-hetero) is 1. The van der Waals surface area contributed by atoms with Crippen molar-refractivity contribution in [2.24, 2.45) is 0 Å². The van der Waals surface area contributed by atoms with E-state index in [2.05, 4.69) is 15.9 Å². The van der Waals surface area contributed by atoms with Gasteiger partial charge in [-0.3, -0.25) is 14.5 Å². The van der Waals surface area contributed by atoms with Crippen LogP contribution in [0.2, 0.25) is 0 Å². The molecule has 1 fully saturated rings. The van der Waals surface area contributed by atoms with Gasteiger partial charge in [-0.2, -0.15) is 0 Å². The highest BCUT2D eigenvalue weighted by atomic mass is 79.9. The number of ketones is 1. The number of aliphatic hydroxyl groups is 1. The molecule has 1 heterocycles. The zero-order chi connectivity index (χ0) is 23.0. The summed E-state index contributed by atoms with van der Waals surface area (Å²) >= 11 is 3.38. The number of halogens is 1. The fraction of sp³-hybridized carbons (Fsp3) is 0.0800. The predicted molar refractivity (Wildman–Crippen MR) is 124 cm³/mol. The number of amides is 1. The number of rotatable bonds is 4. The maximum absolute atomic E-state index is 13.1. The van der Waals surface area contributed by atoms with Gasteiger partial charge in [-0.15, -0.1) is 0 Å². The average molecular weight is 492 g/mol. The van der Waals surface area contributed by atoms with Gasteiger partial charge in [0.05, 0.1) is 17.2 Å². The van der Waals surface area contributed by atoms with Crippen LogP contribution in [0.4, 0.5) is 5.69 Å². The van der Waals surface area contributed by atoms with E-state index in [0.29, 0.717) is 11.1 Å². The van der Waals surface area contributed by atoms with E-state index in [-0.39, 0.29) is 22.6 Å². The van der Waals surface area contributed by atoms with Crippen LogP contribution in [0.15, 0.2) is 82.8 Å². The predicted octanol–water partition coefficient (Wildman–Crippen LogP) is 5.08. The minimum absolute atomic E-state index is 0.0162. The number of aryl methyl sites for hydroxylation is 1. The second-order valence-corrected chi connectivity index (χ2v) is 8.36. The highest BCUT2D eigenvalue weighted by molar-refractivity contribution is 9.10. The van der Waals surface area contributed by atoms with Gasteiger partial charge >= 0.3 is 5.97 Å². The first-order chi connectivity index (χ1) is 15.3. The van der Waals surface area contributed by atoms with Crippen molar-refractivity contribution in [2.45, 2.75) is 13.0 Å². The third-order valence-electron chi connectivity index (χ3n) is 5.33. The molecule has 160 valence electrons. The summed E-state index contributed by atoms with van der Waals surface area (Å²) in [5.41, 5.74) is 2.18. The topological polar surface area (TPSA) is 94.9 Å². The van der Waals surface area contributed by atoms with Gasteiger partial charge in [0.2, 0.25) is 0 Å². The SMILES string of the molecule is Cc1ccc(C(O)=C2C(=O)C(=O)N(c3cccc(C(=O)O)c3)[C@H]2c2ccc(Br)cc2)cc1. The van der Waals surface area contributed by atoms with Crippen LogP contribution in [-0.2, 0) is 9.59 Å². The van der Waals surface area contributed by atoms with E-state index < -0.39 is 23.7 Å². The lowest BCUT2D eigenvalue weighted by atomic mass is 9.95. The van der Waals surface area contributed by atoms with Gasteiger partial charge in [0.1, 0.15) is 5.76 Å². The third-order valence-corrected chi connectivity index (χ3v) is 5.86. The Morgan fingerprint density at radius 1 is 0.906 bits per heavy atom. The molecular weight excluding hydrogens is 474 g/mol. The van der Waals surface area contributed by atoms with Gasteiger partial charge in [0, 0.05) is 15.7 Å². The number of hydrogen-bond donors (Lipinski definition) is 2. The Bertz CT molecular complexity index is 1260. The summed E-state index contributed by atoms with van der Waals surface area (Å²) in [6.07, 6.45) is 0. The van der Waals surface area contributed by atoms with E-state index in [4.69, 9.17) is 0 Å². The number of carboxylic acid groups (broad SMARTS) is 1. The molecule has 1 atom stereocenters. The molecule has 4 rings (SSSR count). The van der Waals surface area contributed by atoms with Gasteiger partial charge in [0.15, 0.2) is 0 Å². The number of aromatic carboxylic acids is 1. The molecule has 0 radical (unpaired) electrons. The Balaban J connectivity index is 1.94. The number of nitrogens with zero attached hydrogens (tertiary/aromatic N) is 1. The highest BCUT2D eigenvalue weighted by Gasteiger charge is 2.47. The zero-order valence-corrected chi connectivity index (χ0v) is 18.5. The molecule has 1 saturated heterocycles. The number of hydrogen-bond acceptors (Lipinski definition) is 4. The van der Waals surface area contributed by atoms with E-state index in [9.17, 15) is 24.6 Å². The quantitative estimate of drug-likeness (QED) is 0.301. The Kier molecular flexibility index (Phi) is 5.67. The molecule has 32 heavy (non-hydrogen) atoms. The highest BCUT2D eigenvalue weighted by Crippen LogP contribution is 2.42. The first kappa shape index (κ1) is 21.5. The number of carbonyl (C=O) groups excluding carboxylic acids is 2. The Labute approximate surface area is 192 Å². The molecule has 0 aromatic heterocycles. The summed E-state index contributed by atoms with van der Waals surface area (Å²) in [7, 11) is 0. The Morgan fingerprint density at radius 3 is 2.19 bits per heavy atom. The van der Waals surface area contributed by atoms with Gasteiger partial charge in [-0.05, 0) is 42.8 Å². The lowest BCUT2D eigenvalue weighted by Gasteiger charge is -2.25. The van der Waals surface area contributed by atoms with E-state index in [1.807, 2.05) is 6.92 Å². The molecular formula is C25H18BrNO5. The molecule has 7 heteroatoms. The molecule has 0 saturated carbocycles. The van der Waals surface area contributed by atoms with Crippen LogP contribution in [0.1, 0.15) is 33.1 Å². The van der Waals surface area contributed by atoms with Gasteiger partial charge in [-0.25, -0.2) is 4.79 Å². The van der Waals surface area contributed by atoms with Gasteiger partial charge in [0.25, 0.3) is 11.7 Å². The van der Waals surface area contributed by atoms with Crippen LogP contribution in [0.3, 0.4) is 0 Å². The van der Waals surface area contributed by atoms with E-state index in [1.165, 1.54) is 23.1 Å². The summed E-state index contributed by atoms with van der Waals surface area (Å²) in [6.45, 7) is 1.90. The third kappa shape index (κ3) is 3.83. The number of carboxylic acids is 1. The van der Waals surface area contributed by atoms with Crippen LogP contribution in [0, 0.1) is 6.92 Å². The molecule has 0 spiro atoms. The molecule has 1 aliphatic rings. The Morgan fingerprint density at radius 2 is 1.56 bits per heavy atom. The minimum Gasteiger partial charge on any atom is -0.507 e. The molecule has 0 unspecified atom stereocenters. The smallest absolute Gasteiger partial charge is 0.335 e. The standard InChI is InChI=1S/C25H18BrNO5/c1-14-5-7-16(8-6-14)22(28)20-21(15-9-11-18(26)12-10-15)27(24(30)23(20)29)19-4-2-3-17(13-19)25(31)32/h2-13,21,28H,1H3,(H,31,32)/t21-/m0/s1. The second kappa shape index (κ2) is 8.43. The van der Waals surface area contributed by atoms with Gasteiger partial charge < -0.3 is 10.2 Å². The monoisotopic (exact) mass is 491 g/mol. The molecule has 0 bridgehead atoms. The van der Waals surface area contributed by atoms with Crippen LogP contribution >= 0.6 is 15.9 Å². The summed E-state index contributed by atoms with van der Waals surface area (Å²) in [5.74, 6) is -3.11. The van der Waals surface area contributed by atoms with Crippen molar-refractivity contribution < 1.29 is 24.6 Å². The normalized spacial score (nSPS) is 17.6. The second-order valence-electron chi connectivity index (χ2n) is 7.44. The van der Waals surface area contributed by atoms with Crippen LogP contribution in [-0.4, -0.2) is 27.9 Å². The molecule has 1 amide bonds. The first-order valence-electron chi connectivity index (χ1n) is 9.75. The summed E-state index contributed by atoms with van der Waals surface area (Å²) in [5, 5.41) is 20.4. The number of anilines is 1. The summed E-state index contributed by atoms with van der Waals surface area (Å²) in [4.78, 5) is 38.9.